The lowest BCUT2D eigenvalue weighted by molar-refractivity contribution is 0.448. The van der Waals surface area contributed by atoms with Gasteiger partial charge in [0.15, 0.2) is 0 Å². The van der Waals surface area contributed by atoms with Crippen LogP contribution in [0.15, 0.2) is 5.38 Å². The van der Waals surface area contributed by atoms with Crippen LogP contribution in [0.4, 0.5) is 0 Å². The first-order valence-corrected chi connectivity index (χ1v) is 6.58. The Hall–Kier alpha value is -0.480. The minimum atomic E-state index is 0.396. The molecule has 0 aromatic carbocycles. The van der Waals surface area contributed by atoms with Gasteiger partial charge in [0.05, 0.1) is 11.7 Å². The molecule has 3 nitrogen and oxygen atoms in total. The van der Waals surface area contributed by atoms with Gasteiger partial charge in [0.25, 0.3) is 0 Å². The summed E-state index contributed by atoms with van der Waals surface area (Å²) in [5.74, 6) is 0.792. The topological polar surface area (TPSA) is 37.8 Å². The Bertz CT molecular complexity index is 246. The van der Waals surface area contributed by atoms with Crippen molar-refractivity contribution in [2.45, 2.75) is 46.1 Å². The Morgan fingerprint density at radius 3 is 2.73 bits per heavy atom. The Morgan fingerprint density at radius 1 is 1.40 bits per heavy atom. The molecule has 86 valence electrons. The van der Waals surface area contributed by atoms with Gasteiger partial charge < -0.3 is 5.32 Å². The molecule has 0 bridgehead atoms. The summed E-state index contributed by atoms with van der Waals surface area (Å²) in [6.07, 6.45) is 3.71. The third-order valence-corrected chi connectivity index (χ3v) is 2.98. The van der Waals surface area contributed by atoms with Crippen LogP contribution in [0.5, 0.6) is 0 Å². The quantitative estimate of drug-likeness (QED) is 0.778. The lowest BCUT2D eigenvalue weighted by Gasteiger charge is -2.15. The van der Waals surface area contributed by atoms with Crippen molar-refractivity contribution in [2.75, 3.05) is 6.54 Å². The second-order valence-corrected chi connectivity index (χ2v) is 4.87. The zero-order valence-corrected chi connectivity index (χ0v) is 10.7. The van der Waals surface area contributed by atoms with Crippen molar-refractivity contribution in [2.24, 2.45) is 5.92 Å². The van der Waals surface area contributed by atoms with Crippen molar-refractivity contribution < 1.29 is 0 Å². The zero-order valence-electron chi connectivity index (χ0n) is 9.86. The Morgan fingerprint density at radius 2 is 2.20 bits per heavy atom. The summed E-state index contributed by atoms with van der Waals surface area (Å²) in [4.78, 5) is 0. The van der Waals surface area contributed by atoms with E-state index in [1.165, 1.54) is 24.4 Å². The second kappa shape index (κ2) is 6.90. The van der Waals surface area contributed by atoms with E-state index in [0.29, 0.717) is 6.04 Å². The summed E-state index contributed by atoms with van der Waals surface area (Å²) in [7, 11) is 0. The number of rotatable bonds is 7. The molecule has 0 spiro atoms. The van der Waals surface area contributed by atoms with Crippen LogP contribution >= 0.6 is 11.5 Å². The van der Waals surface area contributed by atoms with Gasteiger partial charge in [0.2, 0.25) is 0 Å². The summed E-state index contributed by atoms with van der Waals surface area (Å²) < 4.78 is 3.92. The molecule has 15 heavy (non-hydrogen) atoms. The molecule has 1 aromatic rings. The van der Waals surface area contributed by atoms with Crippen molar-refractivity contribution in [1.82, 2.24) is 14.9 Å². The van der Waals surface area contributed by atoms with E-state index >= 15 is 0 Å². The van der Waals surface area contributed by atoms with Crippen molar-refractivity contribution in [1.29, 1.82) is 0 Å². The highest BCUT2D eigenvalue weighted by molar-refractivity contribution is 7.03. The number of nitrogens with one attached hydrogen (secondary N) is 1. The Balaban J connectivity index is 2.38. The maximum atomic E-state index is 4.14. The molecule has 0 saturated heterocycles. The maximum Gasteiger partial charge on any atom is 0.0924 e. The first-order chi connectivity index (χ1) is 7.24. The largest absolute Gasteiger partial charge is 0.309 e. The van der Waals surface area contributed by atoms with Crippen molar-refractivity contribution in [3.8, 4) is 0 Å². The summed E-state index contributed by atoms with van der Waals surface area (Å²) in [6, 6.07) is 0.396. The molecular formula is C11H21N3S. The van der Waals surface area contributed by atoms with Crippen molar-refractivity contribution in [3.05, 3.63) is 11.1 Å². The highest BCUT2D eigenvalue weighted by Gasteiger charge is 2.12. The Labute approximate surface area is 96.5 Å². The van der Waals surface area contributed by atoms with E-state index in [-0.39, 0.29) is 0 Å². The van der Waals surface area contributed by atoms with Crippen molar-refractivity contribution in [3.63, 3.8) is 0 Å². The van der Waals surface area contributed by atoms with Gasteiger partial charge >= 0.3 is 0 Å². The molecule has 0 radical (unpaired) electrons. The van der Waals surface area contributed by atoms with Crippen LogP contribution in [0.2, 0.25) is 0 Å². The molecule has 0 aliphatic heterocycles. The monoisotopic (exact) mass is 227 g/mol. The smallest absolute Gasteiger partial charge is 0.0924 e. The molecule has 4 heteroatoms. The number of aromatic nitrogens is 2. The molecular weight excluding hydrogens is 206 g/mol. The normalized spacial score (nSPS) is 13.3. The average Bonchev–Trinajstić information content (AvgIpc) is 2.68. The van der Waals surface area contributed by atoms with Crippen LogP contribution in [-0.2, 0) is 0 Å². The predicted molar refractivity (Wildman–Crippen MR) is 65.0 cm³/mol. The number of hydrogen-bond acceptors (Lipinski definition) is 4. The van der Waals surface area contributed by atoms with Gasteiger partial charge in [-0.1, -0.05) is 38.1 Å². The molecule has 0 amide bonds. The minimum Gasteiger partial charge on any atom is -0.309 e. The zero-order chi connectivity index (χ0) is 11.1. The second-order valence-electron chi connectivity index (χ2n) is 4.26. The standard InChI is InChI=1S/C11H21N3S/c1-4-12-10(7-5-6-9(2)3)11-8-15-14-13-11/h8-10,12H,4-7H2,1-3H3. The summed E-state index contributed by atoms with van der Waals surface area (Å²) in [5, 5.41) is 9.65. The number of hydrogen-bond donors (Lipinski definition) is 1. The van der Waals surface area contributed by atoms with Crippen LogP contribution in [0.25, 0.3) is 0 Å². The molecule has 0 aliphatic rings. The number of nitrogens with zero attached hydrogens (tertiary/aromatic N) is 2. The molecule has 0 fully saturated rings. The molecule has 1 atom stereocenters. The lowest BCUT2D eigenvalue weighted by atomic mass is 10.0. The summed E-state index contributed by atoms with van der Waals surface area (Å²) in [6.45, 7) is 7.67. The minimum absolute atomic E-state index is 0.396. The molecule has 1 heterocycles. The van der Waals surface area contributed by atoms with Gasteiger partial charge in [-0.3, -0.25) is 0 Å². The molecule has 1 aromatic heterocycles. The van der Waals surface area contributed by atoms with Crippen LogP contribution in [0, 0.1) is 5.92 Å². The predicted octanol–water partition coefficient (Wildman–Crippen LogP) is 3.02. The van der Waals surface area contributed by atoms with E-state index in [1.54, 1.807) is 0 Å². The van der Waals surface area contributed by atoms with Gasteiger partial charge in [-0.15, -0.1) is 5.10 Å². The van der Waals surface area contributed by atoms with Gasteiger partial charge in [-0.2, -0.15) is 0 Å². The van der Waals surface area contributed by atoms with Crippen LogP contribution in [0.1, 0.15) is 51.8 Å². The molecule has 1 unspecified atom stereocenters. The van der Waals surface area contributed by atoms with Crippen molar-refractivity contribution >= 4 is 11.5 Å². The van der Waals surface area contributed by atoms with Gasteiger partial charge in [-0.25, -0.2) is 0 Å². The first-order valence-electron chi connectivity index (χ1n) is 5.74. The highest BCUT2D eigenvalue weighted by Crippen LogP contribution is 2.19. The van der Waals surface area contributed by atoms with Gasteiger partial charge in [-0.05, 0) is 30.4 Å². The van der Waals surface area contributed by atoms with E-state index in [1.807, 2.05) is 5.38 Å². The van der Waals surface area contributed by atoms with Crippen LogP contribution < -0.4 is 5.32 Å². The lowest BCUT2D eigenvalue weighted by Crippen LogP contribution is -2.21. The molecule has 0 aliphatic carbocycles. The van der Waals surface area contributed by atoms with Gasteiger partial charge in [0, 0.05) is 5.38 Å². The van der Waals surface area contributed by atoms with E-state index < -0.39 is 0 Å². The van der Waals surface area contributed by atoms with Gasteiger partial charge in [0.1, 0.15) is 0 Å². The van der Waals surface area contributed by atoms with Crippen LogP contribution in [-0.4, -0.2) is 16.1 Å². The van der Waals surface area contributed by atoms with E-state index in [0.717, 1.165) is 24.6 Å². The van der Waals surface area contributed by atoms with Crippen LogP contribution in [0.3, 0.4) is 0 Å². The fourth-order valence-electron chi connectivity index (χ4n) is 1.65. The summed E-state index contributed by atoms with van der Waals surface area (Å²) >= 11 is 1.43. The highest BCUT2D eigenvalue weighted by atomic mass is 32.1. The van der Waals surface area contributed by atoms with E-state index in [9.17, 15) is 0 Å². The average molecular weight is 227 g/mol. The Kier molecular flexibility index (Phi) is 5.79. The molecule has 1 rings (SSSR count). The molecule has 1 N–H and O–H groups in total. The van der Waals surface area contributed by atoms with E-state index in [2.05, 4.69) is 35.7 Å². The summed E-state index contributed by atoms with van der Waals surface area (Å²) in [5.41, 5.74) is 1.10. The first kappa shape index (κ1) is 12.6. The molecule has 0 saturated carbocycles. The third-order valence-electron chi connectivity index (χ3n) is 2.46. The SMILES string of the molecule is CCNC(CCCC(C)C)c1csnn1. The fraction of sp³-hybridized carbons (Fsp3) is 0.818. The fourth-order valence-corrected chi connectivity index (χ4v) is 2.16. The van der Waals surface area contributed by atoms with E-state index in [4.69, 9.17) is 0 Å². The maximum absolute atomic E-state index is 4.14. The third kappa shape index (κ3) is 4.71.